The average Bonchev–Trinajstić information content (AvgIpc) is 2.26. The van der Waals surface area contributed by atoms with E-state index in [-0.39, 0.29) is 31.4 Å². The van der Waals surface area contributed by atoms with E-state index in [0.29, 0.717) is 5.56 Å². The molecule has 0 fully saturated rings. The third-order valence-electron chi connectivity index (χ3n) is 2.06. The number of carbonyl (C=O) groups excluding carboxylic acids is 1. The summed E-state index contributed by atoms with van der Waals surface area (Å²) in [5.41, 5.74) is 0.449. The van der Waals surface area contributed by atoms with Gasteiger partial charge in [-0.05, 0) is 24.7 Å². The molecular weight excluding hydrogens is 247 g/mol. The first-order valence-electron chi connectivity index (χ1n) is 4.98. The Bertz CT molecular complexity index is 363. The van der Waals surface area contributed by atoms with Crippen molar-refractivity contribution in [3.63, 3.8) is 0 Å². The van der Waals surface area contributed by atoms with Gasteiger partial charge in [-0.2, -0.15) is 0 Å². The van der Waals surface area contributed by atoms with Gasteiger partial charge < -0.3 is 15.7 Å². The normalized spacial score (nSPS) is 11.5. The summed E-state index contributed by atoms with van der Waals surface area (Å²) in [5.74, 6) is -0.615. The molecule has 17 heavy (non-hydrogen) atoms. The van der Waals surface area contributed by atoms with Gasteiger partial charge in [-0.3, -0.25) is 4.79 Å². The molecule has 0 heterocycles. The largest absolute Gasteiger partial charge is 0.387 e. The summed E-state index contributed by atoms with van der Waals surface area (Å²) in [6, 6.07) is 5.67. The maximum atomic E-state index is 12.8. The Labute approximate surface area is 106 Å². The van der Waals surface area contributed by atoms with Crippen molar-refractivity contribution in [2.75, 3.05) is 20.1 Å². The van der Waals surface area contributed by atoms with Crippen molar-refractivity contribution in [1.29, 1.82) is 0 Å². The van der Waals surface area contributed by atoms with Gasteiger partial charge in [0.2, 0.25) is 5.91 Å². The maximum Gasteiger partial charge on any atom is 0.234 e. The number of hydrogen-bond acceptors (Lipinski definition) is 3. The predicted octanol–water partition coefficient (Wildman–Crippen LogP) is 0.617. The smallest absolute Gasteiger partial charge is 0.234 e. The second-order valence-electron chi connectivity index (χ2n) is 3.41. The van der Waals surface area contributed by atoms with E-state index in [2.05, 4.69) is 10.6 Å². The van der Waals surface area contributed by atoms with Crippen LogP contribution < -0.4 is 10.6 Å². The summed E-state index contributed by atoms with van der Waals surface area (Å²) in [6.45, 7) is 0.264. The van der Waals surface area contributed by atoms with E-state index in [4.69, 9.17) is 0 Å². The first kappa shape index (κ1) is 15.8. The maximum absolute atomic E-state index is 12.8. The lowest BCUT2D eigenvalue weighted by Crippen LogP contribution is -2.34. The molecule has 1 amide bonds. The van der Waals surface area contributed by atoms with Gasteiger partial charge in [0.05, 0.1) is 12.6 Å². The molecule has 0 aliphatic rings. The van der Waals surface area contributed by atoms with Crippen LogP contribution in [0.5, 0.6) is 0 Å². The van der Waals surface area contributed by atoms with Crippen LogP contribution in [-0.2, 0) is 4.79 Å². The van der Waals surface area contributed by atoms with E-state index < -0.39 is 11.9 Å². The number of amides is 1. The molecule has 0 aliphatic heterocycles. The Kier molecular flexibility index (Phi) is 7.45. The summed E-state index contributed by atoms with van der Waals surface area (Å²) >= 11 is 0. The summed E-state index contributed by atoms with van der Waals surface area (Å²) < 4.78 is 12.8. The van der Waals surface area contributed by atoms with E-state index in [1.165, 1.54) is 18.2 Å². The molecule has 0 bridgehead atoms. The second-order valence-corrected chi connectivity index (χ2v) is 3.41. The monoisotopic (exact) mass is 262 g/mol. The van der Waals surface area contributed by atoms with Crippen LogP contribution in [0.25, 0.3) is 0 Å². The van der Waals surface area contributed by atoms with Gasteiger partial charge in [-0.25, -0.2) is 4.39 Å². The molecule has 96 valence electrons. The molecule has 0 saturated heterocycles. The molecule has 0 saturated carbocycles. The van der Waals surface area contributed by atoms with Crippen molar-refractivity contribution >= 4 is 18.3 Å². The first-order valence-corrected chi connectivity index (χ1v) is 4.98. The molecule has 1 unspecified atom stereocenters. The number of halogens is 2. The molecular formula is C11H16ClFN2O2. The van der Waals surface area contributed by atoms with Crippen LogP contribution in [0.1, 0.15) is 11.7 Å². The molecule has 0 aromatic heterocycles. The van der Waals surface area contributed by atoms with Crippen LogP contribution >= 0.6 is 12.4 Å². The predicted molar refractivity (Wildman–Crippen MR) is 65.5 cm³/mol. The Balaban J connectivity index is 0.00000256. The SMILES string of the molecule is CNCC(=O)NCC(O)c1cccc(F)c1.Cl. The van der Waals surface area contributed by atoms with Crippen molar-refractivity contribution in [1.82, 2.24) is 10.6 Å². The first-order chi connectivity index (χ1) is 7.63. The molecule has 1 rings (SSSR count). The molecule has 0 aliphatic carbocycles. The molecule has 6 heteroatoms. The second kappa shape index (κ2) is 8.00. The Hall–Kier alpha value is -1.17. The minimum absolute atomic E-state index is 0. The van der Waals surface area contributed by atoms with Gasteiger partial charge in [0.25, 0.3) is 0 Å². The van der Waals surface area contributed by atoms with Crippen molar-refractivity contribution in [2.45, 2.75) is 6.10 Å². The van der Waals surface area contributed by atoms with Crippen LogP contribution in [0.15, 0.2) is 24.3 Å². The van der Waals surface area contributed by atoms with Crippen molar-refractivity contribution in [3.8, 4) is 0 Å². The van der Waals surface area contributed by atoms with Crippen molar-refractivity contribution in [2.24, 2.45) is 0 Å². The molecule has 1 atom stereocenters. The van der Waals surface area contributed by atoms with Crippen LogP contribution in [0.4, 0.5) is 4.39 Å². The lowest BCUT2D eigenvalue weighted by Gasteiger charge is -2.12. The molecule has 3 N–H and O–H groups in total. The number of nitrogens with one attached hydrogen (secondary N) is 2. The van der Waals surface area contributed by atoms with Crippen LogP contribution in [0.3, 0.4) is 0 Å². The van der Waals surface area contributed by atoms with Gasteiger partial charge in [0, 0.05) is 6.54 Å². The fourth-order valence-corrected chi connectivity index (χ4v) is 1.27. The highest BCUT2D eigenvalue weighted by Gasteiger charge is 2.09. The Morgan fingerprint density at radius 1 is 1.53 bits per heavy atom. The van der Waals surface area contributed by atoms with Gasteiger partial charge in [0.1, 0.15) is 5.82 Å². The van der Waals surface area contributed by atoms with Gasteiger partial charge in [0.15, 0.2) is 0 Å². The summed E-state index contributed by atoms with van der Waals surface area (Å²) in [5, 5.41) is 14.9. The van der Waals surface area contributed by atoms with Crippen molar-refractivity contribution in [3.05, 3.63) is 35.6 Å². The van der Waals surface area contributed by atoms with E-state index in [9.17, 15) is 14.3 Å². The molecule has 1 aromatic carbocycles. The summed E-state index contributed by atoms with van der Waals surface area (Å²) in [7, 11) is 1.66. The van der Waals surface area contributed by atoms with Gasteiger partial charge >= 0.3 is 0 Å². The summed E-state index contributed by atoms with van der Waals surface area (Å²) in [4.78, 5) is 11.1. The Morgan fingerprint density at radius 3 is 2.82 bits per heavy atom. The number of benzene rings is 1. The van der Waals surface area contributed by atoms with Crippen LogP contribution in [0, 0.1) is 5.82 Å². The zero-order chi connectivity index (χ0) is 12.0. The topological polar surface area (TPSA) is 61.4 Å². The zero-order valence-corrected chi connectivity index (χ0v) is 10.3. The fraction of sp³-hybridized carbons (Fsp3) is 0.364. The number of aliphatic hydroxyl groups excluding tert-OH is 1. The lowest BCUT2D eigenvalue weighted by molar-refractivity contribution is -0.120. The molecule has 0 radical (unpaired) electrons. The minimum atomic E-state index is -0.892. The highest BCUT2D eigenvalue weighted by atomic mass is 35.5. The standard InChI is InChI=1S/C11H15FN2O2.ClH/c1-13-7-11(16)14-6-10(15)8-3-2-4-9(12)5-8;/h2-5,10,13,15H,6-7H2,1H3,(H,14,16);1H. The van der Waals surface area contributed by atoms with Crippen LogP contribution in [-0.4, -0.2) is 31.2 Å². The molecule has 0 spiro atoms. The van der Waals surface area contributed by atoms with E-state index in [1.54, 1.807) is 13.1 Å². The third-order valence-corrected chi connectivity index (χ3v) is 2.06. The minimum Gasteiger partial charge on any atom is -0.387 e. The highest BCUT2D eigenvalue weighted by Crippen LogP contribution is 2.12. The molecule has 4 nitrogen and oxygen atoms in total. The number of rotatable bonds is 5. The zero-order valence-electron chi connectivity index (χ0n) is 9.44. The number of aliphatic hydroxyl groups is 1. The summed E-state index contributed by atoms with van der Waals surface area (Å²) in [6.07, 6.45) is -0.892. The van der Waals surface area contributed by atoms with E-state index in [1.807, 2.05) is 0 Å². The van der Waals surface area contributed by atoms with Crippen molar-refractivity contribution < 1.29 is 14.3 Å². The number of likely N-dealkylation sites (N-methyl/N-ethyl adjacent to an activating group) is 1. The lowest BCUT2D eigenvalue weighted by atomic mass is 10.1. The average molecular weight is 263 g/mol. The van der Waals surface area contributed by atoms with E-state index in [0.717, 1.165) is 0 Å². The van der Waals surface area contributed by atoms with Gasteiger partial charge in [-0.1, -0.05) is 12.1 Å². The van der Waals surface area contributed by atoms with Gasteiger partial charge in [-0.15, -0.1) is 12.4 Å². The van der Waals surface area contributed by atoms with E-state index >= 15 is 0 Å². The number of hydrogen-bond donors (Lipinski definition) is 3. The third kappa shape index (κ3) is 5.63. The molecule has 1 aromatic rings. The quantitative estimate of drug-likeness (QED) is 0.729. The fourth-order valence-electron chi connectivity index (χ4n) is 1.27. The Morgan fingerprint density at radius 2 is 2.24 bits per heavy atom. The highest BCUT2D eigenvalue weighted by molar-refractivity contribution is 5.85. The van der Waals surface area contributed by atoms with Crippen LogP contribution in [0.2, 0.25) is 0 Å². The number of carbonyl (C=O) groups is 1.